The number of nitrogens with one attached hydrogen (secondary N) is 1. The highest BCUT2D eigenvalue weighted by Gasteiger charge is 2.30. The number of alkyl halides is 3. The summed E-state index contributed by atoms with van der Waals surface area (Å²) in [5.41, 5.74) is 0.788. The molecule has 0 radical (unpaired) electrons. The van der Waals surface area contributed by atoms with Crippen molar-refractivity contribution in [3.63, 3.8) is 0 Å². The first-order valence-electron chi connectivity index (χ1n) is 7.97. The number of hydrogen-bond acceptors (Lipinski definition) is 3. The molecule has 0 unspecified atom stereocenters. The van der Waals surface area contributed by atoms with Crippen LogP contribution in [0.15, 0.2) is 89.1 Å². The van der Waals surface area contributed by atoms with Crippen molar-refractivity contribution in [2.75, 3.05) is 5.32 Å². The second-order valence-electron chi connectivity index (χ2n) is 5.62. The van der Waals surface area contributed by atoms with Gasteiger partial charge in [-0.3, -0.25) is 4.79 Å². The van der Waals surface area contributed by atoms with Gasteiger partial charge in [-0.05, 0) is 54.6 Å². The third kappa shape index (κ3) is 5.01. The zero-order chi connectivity index (χ0) is 19.3. The number of benzene rings is 3. The Hall–Kier alpha value is -3.48. The first-order valence-corrected chi connectivity index (χ1v) is 7.97. The van der Waals surface area contributed by atoms with Gasteiger partial charge in [0.05, 0.1) is 16.9 Å². The summed E-state index contributed by atoms with van der Waals surface area (Å²) in [4.78, 5) is 12.2. The lowest BCUT2D eigenvalue weighted by Crippen LogP contribution is -2.13. The number of nitrogens with zero attached hydrogens (tertiary/aromatic N) is 2. The zero-order valence-electron chi connectivity index (χ0n) is 13.9. The number of hydrogen-bond donors (Lipinski definition) is 1. The smallest absolute Gasteiger partial charge is 0.322 e. The Morgan fingerprint density at radius 1 is 0.778 bits per heavy atom. The molecule has 0 aromatic heterocycles. The molecule has 136 valence electrons. The summed E-state index contributed by atoms with van der Waals surface area (Å²) >= 11 is 0. The van der Waals surface area contributed by atoms with Gasteiger partial charge in [-0.15, -0.1) is 0 Å². The second-order valence-corrected chi connectivity index (χ2v) is 5.62. The van der Waals surface area contributed by atoms with Gasteiger partial charge in [0.25, 0.3) is 5.91 Å². The number of azo groups is 1. The van der Waals surface area contributed by atoms with Gasteiger partial charge in [0.15, 0.2) is 0 Å². The third-order valence-electron chi connectivity index (χ3n) is 3.61. The molecule has 0 saturated carbocycles. The van der Waals surface area contributed by atoms with Crippen molar-refractivity contribution >= 4 is 23.0 Å². The molecule has 0 bridgehead atoms. The molecule has 3 aromatic carbocycles. The van der Waals surface area contributed by atoms with Crippen LogP contribution < -0.4 is 5.32 Å². The maximum atomic E-state index is 12.7. The van der Waals surface area contributed by atoms with Crippen LogP contribution in [0, 0.1) is 0 Å². The van der Waals surface area contributed by atoms with Crippen molar-refractivity contribution in [2.24, 2.45) is 10.2 Å². The van der Waals surface area contributed by atoms with E-state index in [0.717, 1.165) is 12.1 Å². The van der Waals surface area contributed by atoms with Crippen LogP contribution in [0.4, 0.5) is 30.2 Å². The van der Waals surface area contributed by atoms with Gasteiger partial charge in [0.2, 0.25) is 0 Å². The fraction of sp³-hybridized carbons (Fsp3) is 0.0500. The molecule has 0 atom stereocenters. The largest absolute Gasteiger partial charge is 0.416 e. The van der Waals surface area contributed by atoms with Gasteiger partial charge in [-0.2, -0.15) is 23.4 Å². The van der Waals surface area contributed by atoms with Crippen molar-refractivity contribution < 1.29 is 18.0 Å². The van der Waals surface area contributed by atoms with Crippen LogP contribution in [-0.4, -0.2) is 5.91 Å². The molecular weight excluding hydrogens is 355 g/mol. The van der Waals surface area contributed by atoms with Crippen LogP contribution in [0.1, 0.15) is 15.9 Å². The van der Waals surface area contributed by atoms with Crippen LogP contribution >= 0.6 is 0 Å². The molecule has 7 heteroatoms. The summed E-state index contributed by atoms with van der Waals surface area (Å²) in [7, 11) is 0. The molecular formula is C20H14F3N3O. The predicted molar refractivity (Wildman–Crippen MR) is 96.5 cm³/mol. The highest BCUT2D eigenvalue weighted by atomic mass is 19.4. The second kappa shape index (κ2) is 7.82. The SMILES string of the molecule is O=C(Nc1ccc(N=Nc2ccccc2)cc1)c1cccc(C(F)(F)F)c1. The molecule has 0 spiro atoms. The number of carbonyl (C=O) groups is 1. The van der Waals surface area contributed by atoms with Gasteiger partial charge in [-0.1, -0.05) is 24.3 Å². The van der Waals surface area contributed by atoms with Crippen LogP contribution in [0.3, 0.4) is 0 Å². The molecule has 3 aromatic rings. The van der Waals surface area contributed by atoms with E-state index in [1.54, 1.807) is 24.3 Å². The van der Waals surface area contributed by atoms with Crippen molar-refractivity contribution in [3.8, 4) is 0 Å². The van der Waals surface area contributed by atoms with Crippen molar-refractivity contribution in [1.82, 2.24) is 0 Å². The summed E-state index contributed by atoms with van der Waals surface area (Å²) in [6, 6.07) is 20.0. The molecule has 3 rings (SSSR count). The van der Waals surface area contributed by atoms with E-state index in [9.17, 15) is 18.0 Å². The molecule has 4 nitrogen and oxygen atoms in total. The minimum absolute atomic E-state index is 0.0716. The van der Waals surface area contributed by atoms with E-state index in [-0.39, 0.29) is 5.56 Å². The maximum Gasteiger partial charge on any atom is 0.416 e. The van der Waals surface area contributed by atoms with E-state index < -0.39 is 17.6 Å². The molecule has 0 heterocycles. The summed E-state index contributed by atoms with van der Waals surface area (Å²) in [5.74, 6) is -0.625. The molecule has 0 saturated heterocycles. The lowest BCUT2D eigenvalue weighted by Gasteiger charge is -2.09. The molecule has 0 aliphatic carbocycles. The lowest BCUT2D eigenvalue weighted by atomic mass is 10.1. The number of rotatable bonds is 4. The standard InChI is InChI=1S/C20H14F3N3O/c21-20(22,23)15-6-4-5-14(13-15)19(27)24-16-9-11-18(12-10-16)26-25-17-7-2-1-3-8-17/h1-13H,(H,24,27). The Labute approximate surface area is 153 Å². The van der Waals surface area contributed by atoms with Gasteiger partial charge in [0, 0.05) is 11.3 Å². The third-order valence-corrected chi connectivity index (χ3v) is 3.61. The Balaban J connectivity index is 1.68. The summed E-state index contributed by atoms with van der Waals surface area (Å²) < 4.78 is 38.2. The van der Waals surface area contributed by atoms with Gasteiger partial charge >= 0.3 is 6.18 Å². The van der Waals surface area contributed by atoms with Crippen LogP contribution in [0.2, 0.25) is 0 Å². The van der Waals surface area contributed by atoms with E-state index in [4.69, 9.17) is 0 Å². The fourth-order valence-corrected chi connectivity index (χ4v) is 2.26. The molecule has 27 heavy (non-hydrogen) atoms. The maximum absolute atomic E-state index is 12.7. The first-order chi connectivity index (χ1) is 12.9. The number of carbonyl (C=O) groups excluding carboxylic acids is 1. The number of halogens is 3. The minimum atomic E-state index is -4.50. The Bertz CT molecular complexity index is 952. The van der Waals surface area contributed by atoms with Gasteiger partial charge in [-0.25, -0.2) is 0 Å². The molecule has 0 fully saturated rings. The van der Waals surface area contributed by atoms with Crippen LogP contribution in [0.5, 0.6) is 0 Å². The Kier molecular flexibility index (Phi) is 5.30. The van der Waals surface area contributed by atoms with E-state index in [1.165, 1.54) is 12.1 Å². The monoisotopic (exact) mass is 369 g/mol. The number of anilines is 1. The average molecular weight is 369 g/mol. The quantitative estimate of drug-likeness (QED) is 0.534. The first kappa shape index (κ1) is 18.3. The average Bonchev–Trinajstić information content (AvgIpc) is 2.68. The van der Waals surface area contributed by atoms with E-state index in [0.29, 0.717) is 17.1 Å². The Morgan fingerprint density at radius 2 is 1.41 bits per heavy atom. The van der Waals surface area contributed by atoms with Crippen molar-refractivity contribution in [1.29, 1.82) is 0 Å². The number of amides is 1. The predicted octanol–water partition coefficient (Wildman–Crippen LogP) is 6.37. The summed E-state index contributed by atoms with van der Waals surface area (Å²) in [6.07, 6.45) is -4.50. The zero-order valence-corrected chi connectivity index (χ0v) is 13.9. The fourth-order valence-electron chi connectivity index (χ4n) is 2.26. The lowest BCUT2D eigenvalue weighted by molar-refractivity contribution is -0.137. The normalized spacial score (nSPS) is 11.5. The molecule has 0 aliphatic heterocycles. The van der Waals surface area contributed by atoms with E-state index >= 15 is 0 Å². The molecule has 1 N–H and O–H groups in total. The van der Waals surface area contributed by atoms with E-state index in [1.807, 2.05) is 30.3 Å². The van der Waals surface area contributed by atoms with Gasteiger partial charge < -0.3 is 5.32 Å². The molecule has 1 amide bonds. The Morgan fingerprint density at radius 3 is 2.04 bits per heavy atom. The summed E-state index contributed by atoms with van der Waals surface area (Å²) in [6.45, 7) is 0. The van der Waals surface area contributed by atoms with Gasteiger partial charge in [0.1, 0.15) is 0 Å². The molecule has 0 aliphatic rings. The highest BCUT2D eigenvalue weighted by molar-refractivity contribution is 6.04. The highest BCUT2D eigenvalue weighted by Crippen LogP contribution is 2.29. The summed E-state index contributed by atoms with van der Waals surface area (Å²) in [5, 5.41) is 10.7. The van der Waals surface area contributed by atoms with Crippen molar-refractivity contribution in [2.45, 2.75) is 6.18 Å². The topological polar surface area (TPSA) is 53.8 Å². The van der Waals surface area contributed by atoms with Crippen LogP contribution in [0.25, 0.3) is 0 Å². The van der Waals surface area contributed by atoms with E-state index in [2.05, 4.69) is 15.5 Å². The van der Waals surface area contributed by atoms with Crippen molar-refractivity contribution in [3.05, 3.63) is 90.0 Å². The minimum Gasteiger partial charge on any atom is -0.322 e. The van der Waals surface area contributed by atoms with Crippen LogP contribution in [-0.2, 0) is 6.18 Å².